The van der Waals surface area contributed by atoms with Crippen molar-refractivity contribution in [1.82, 2.24) is 4.90 Å². The van der Waals surface area contributed by atoms with Crippen molar-refractivity contribution in [3.05, 3.63) is 35.9 Å². The third-order valence-electron chi connectivity index (χ3n) is 4.96. The Morgan fingerprint density at radius 3 is 2.64 bits per heavy atom. The molecule has 118 valence electrons. The van der Waals surface area contributed by atoms with Crippen LogP contribution in [0.4, 0.5) is 0 Å². The molecule has 2 saturated heterocycles. The first kappa shape index (κ1) is 15.6. The zero-order valence-corrected chi connectivity index (χ0v) is 13.7. The van der Waals surface area contributed by atoms with Crippen LogP contribution in [0, 0.1) is 5.92 Å². The molecule has 4 atom stereocenters. The van der Waals surface area contributed by atoms with Gasteiger partial charge in [-0.3, -0.25) is 9.69 Å². The van der Waals surface area contributed by atoms with Crippen molar-refractivity contribution < 1.29 is 14.3 Å². The maximum Gasteiger partial charge on any atom is 0.338 e. The van der Waals surface area contributed by atoms with Gasteiger partial charge in [0.2, 0.25) is 0 Å². The summed E-state index contributed by atoms with van der Waals surface area (Å²) >= 11 is 1.24. The SMILES string of the molecule is CSC(=O)C1C(OC(=O)c2ccccc2)CC2CCC1N2C. The molecule has 5 heteroatoms. The van der Waals surface area contributed by atoms with Gasteiger partial charge in [-0.25, -0.2) is 4.79 Å². The van der Waals surface area contributed by atoms with E-state index in [1.165, 1.54) is 11.8 Å². The summed E-state index contributed by atoms with van der Waals surface area (Å²) in [5.41, 5.74) is 0.545. The van der Waals surface area contributed by atoms with Gasteiger partial charge in [0.25, 0.3) is 0 Å². The van der Waals surface area contributed by atoms with Crippen molar-refractivity contribution in [2.24, 2.45) is 5.92 Å². The standard InChI is InChI=1S/C17H21NO3S/c1-18-12-8-9-13(18)15(17(20)22-2)14(10-12)21-16(19)11-6-4-3-5-7-11/h3-7,12-15H,8-10H2,1-2H3. The molecular weight excluding hydrogens is 298 g/mol. The molecule has 0 N–H and O–H groups in total. The lowest BCUT2D eigenvalue weighted by Crippen LogP contribution is -2.52. The first-order valence-electron chi connectivity index (χ1n) is 7.67. The maximum atomic E-state index is 12.4. The quantitative estimate of drug-likeness (QED) is 0.801. The monoisotopic (exact) mass is 319 g/mol. The highest BCUT2D eigenvalue weighted by molar-refractivity contribution is 8.13. The maximum absolute atomic E-state index is 12.4. The van der Waals surface area contributed by atoms with E-state index in [0.29, 0.717) is 11.6 Å². The van der Waals surface area contributed by atoms with E-state index in [-0.39, 0.29) is 29.1 Å². The van der Waals surface area contributed by atoms with Crippen LogP contribution < -0.4 is 0 Å². The topological polar surface area (TPSA) is 46.6 Å². The predicted molar refractivity (Wildman–Crippen MR) is 86.8 cm³/mol. The van der Waals surface area contributed by atoms with Gasteiger partial charge in [-0.15, -0.1) is 0 Å². The summed E-state index contributed by atoms with van der Waals surface area (Å²) in [5, 5.41) is 0.128. The third-order valence-corrected chi connectivity index (χ3v) is 5.63. The van der Waals surface area contributed by atoms with Gasteiger partial charge in [-0.2, -0.15) is 0 Å². The van der Waals surface area contributed by atoms with Gasteiger partial charge in [0.05, 0.1) is 11.5 Å². The van der Waals surface area contributed by atoms with Gasteiger partial charge in [-0.1, -0.05) is 30.0 Å². The Hall–Kier alpha value is -1.33. The van der Waals surface area contributed by atoms with Gasteiger partial charge >= 0.3 is 5.97 Å². The Bertz CT molecular complexity index is 562. The molecule has 2 bridgehead atoms. The molecule has 4 unspecified atom stereocenters. The van der Waals surface area contributed by atoms with Crippen molar-refractivity contribution in [3.63, 3.8) is 0 Å². The number of esters is 1. The molecule has 2 aliphatic rings. The molecule has 0 saturated carbocycles. The number of hydrogen-bond acceptors (Lipinski definition) is 5. The molecule has 0 amide bonds. The summed E-state index contributed by atoms with van der Waals surface area (Å²) in [6, 6.07) is 9.62. The number of benzene rings is 1. The molecule has 4 nitrogen and oxygen atoms in total. The smallest absolute Gasteiger partial charge is 0.338 e. The molecule has 3 rings (SSSR count). The number of carbonyl (C=O) groups excluding carboxylic acids is 2. The fourth-order valence-electron chi connectivity index (χ4n) is 3.77. The molecule has 1 aromatic rings. The second-order valence-corrected chi connectivity index (χ2v) is 6.87. The molecule has 0 aromatic heterocycles. The van der Waals surface area contributed by atoms with Crippen LogP contribution in [0.1, 0.15) is 29.6 Å². The van der Waals surface area contributed by atoms with Crippen LogP contribution in [0.2, 0.25) is 0 Å². The number of nitrogens with zero attached hydrogens (tertiary/aromatic N) is 1. The van der Waals surface area contributed by atoms with E-state index in [4.69, 9.17) is 4.74 Å². The zero-order chi connectivity index (χ0) is 15.7. The lowest BCUT2D eigenvalue weighted by Gasteiger charge is -2.41. The summed E-state index contributed by atoms with van der Waals surface area (Å²) in [6.07, 6.45) is 4.35. The molecule has 2 fully saturated rings. The molecule has 0 radical (unpaired) electrons. The number of carbonyl (C=O) groups is 2. The van der Waals surface area contributed by atoms with Gasteiger partial charge < -0.3 is 4.74 Å². The number of fused-ring (bicyclic) bond motifs is 2. The van der Waals surface area contributed by atoms with E-state index in [2.05, 4.69) is 11.9 Å². The average Bonchev–Trinajstić information content (AvgIpc) is 2.78. The van der Waals surface area contributed by atoms with Crippen molar-refractivity contribution in [2.45, 2.75) is 37.5 Å². The molecule has 0 spiro atoms. The lowest BCUT2D eigenvalue weighted by molar-refractivity contribution is -0.123. The second kappa shape index (κ2) is 6.42. The fraction of sp³-hybridized carbons (Fsp3) is 0.529. The van der Waals surface area contributed by atoms with E-state index < -0.39 is 0 Å². The highest BCUT2D eigenvalue weighted by atomic mass is 32.2. The highest BCUT2D eigenvalue weighted by Crippen LogP contribution is 2.41. The van der Waals surface area contributed by atoms with Gasteiger partial charge in [0.15, 0.2) is 5.12 Å². The average molecular weight is 319 g/mol. The Balaban J connectivity index is 1.79. The van der Waals surface area contributed by atoms with Gasteiger partial charge in [0.1, 0.15) is 6.10 Å². The van der Waals surface area contributed by atoms with E-state index in [1.54, 1.807) is 18.4 Å². The minimum absolute atomic E-state index is 0.128. The second-order valence-electron chi connectivity index (χ2n) is 6.06. The van der Waals surface area contributed by atoms with Crippen LogP contribution in [0.5, 0.6) is 0 Å². The molecule has 22 heavy (non-hydrogen) atoms. The minimum Gasteiger partial charge on any atom is -0.458 e. The van der Waals surface area contributed by atoms with Crippen LogP contribution >= 0.6 is 11.8 Å². The molecule has 0 aliphatic carbocycles. The van der Waals surface area contributed by atoms with Gasteiger partial charge in [0, 0.05) is 18.5 Å². The molecule has 1 aromatic carbocycles. The number of thioether (sulfide) groups is 1. The molecule has 2 aliphatic heterocycles. The first-order chi connectivity index (χ1) is 10.6. The van der Waals surface area contributed by atoms with E-state index >= 15 is 0 Å². The van der Waals surface area contributed by atoms with Crippen LogP contribution in [0.25, 0.3) is 0 Å². The Labute approximate surface area is 135 Å². The summed E-state index contributed by atoms with van der Waals surface area (Å²) in [6.45, 7) is 0. The van der Waals surface area contributed by atoms with E-state index in [0.717, 1.165) is 19.3 Å². The van der Waals surface area contributed by atoms with Crippen LogP contribution in [0.15, 0.2) is 30.3 Å². The van der Waals surface area contributed by atoms with Crippen molar-refractivity contribution >= 4 is 22.8 Å². The fourth-order valence-corrected chi connectivity index (χ4v) is 4.35. The zero-order valence-electron chi connectivity index (χ0n) is 12.9. The van der Waals surface area contributed by atoms with Gasteiger partial charge in [-0.05, 0) is 38.3 Å². The summed E-state index contributed by atoms with van der Waals surface area (Å²) < 4.78 is 5.74. The highest BCUT2D eigenvalue weighted by Gasteiger charge is 2.50. The van der Waals surface area contributed by atoms with Crippen molar-refractivity contribution in [3.8, 4) is 0 Å². The normalized spacial score (nSPS) is 31.0. The number of ether oxygens (including phenoxy) is 1. The summed E-state index contributed by atoms with van der Waals surface area (Å²) in [5.74, 6) is -0.542. The first-order valence-corrected chi connectivity index (χ1v) is 8.90. The predicted octanol–water partition coefficient (Wildman–Crippen LogP) is 2.58. The Morgan fingerprint density at radius 2 is 1.95 bits per heavy atom. The van der Waals surface area contributed by atoms with E-state index in [9.17, 15) is 9.59 Å². The lowest BCUT2D eigenvalue weighted by atomic mass is 9.88. The number of rotatable bonds is 3. The molecule has 2 heterocycles. The Morgan fingerprint density at radius 1 is 1.23 bits per heavy atom. The minimum atomic E-state index is -0.326. The summed E-state index contributed by atoms with van der Waals surface area (Å²) in [4.78, 5) is 27.0. The summed E-state index contributed by atoms with van der Waals surface area (Å²) in [7, 11) is 2.08. The van der Waals surface area contributed by atoms with Crippen LogP contribution in [-0.2, 0) is 9.53 Å². The number of piperidine rings is 1. The third kappa shape index (κ3) is 2.79. The van der Waals surface area contributed by atoms with Crippen LogP contribution in [0.3, 0.4) is 0 Å². The number of hydrogen-bond donors (Lipinski definition) is 0. The van der Waals surface area contributed by atoms with Crippen molar-refractivity contribution in [2.75, 3.05) is 13.3 Å². The largest absolute Gasteiger partial charge is 0.458 e. The van der Waals surface area contributed by atoms with E-state index in [1.807, 2.05) is 18.2 Å². The van der Waals surface area contributed by atoms with Crippen molar-refractivity contribution in [1.29, 1.82) is 0 Å². The molecular formula is C17H21NO3S. The van der Waals surface area contributed by atoms with Crippen LogP contribution in [-0.4, -0.2) is 47.5 Å². The Kier molecular flexibility index (Phi) is 4.54.